The van der Waals surface area contributed by atoms with E-state index in [4.69, 9.17) is 9.47 Å². The first-order chi connectivity index (χ1) is 14.2. The Morgan fingerprint density at radius 1 is 1.28 bits per heavy atom. The molecule has 2 aliphatic heterocycles. The van der Waals surface area contributed by atoms with Crippen molar-refractivity contribution in [3.8, 4) is 0 Å². The minimum atomic E-state index is 0.0137. The average Bonchev–Trinajstić information content (AvgIpc) is 3.42. The predicted octanol–water partition coefficient (Wildman–Crippen LogP) is 2.54. The number of carbonyl (C=O) groups is 1. The Labute approximate surface area is 172 Å². The summed E-state index contributed by atoms with van der Waals surface area (Å²) >= 11 is 0. The molecule has 1 aromatic heterocycles. The highest BCUT2D eigenvalue weighted by Gasteiger charge is 2.29. The summed E-state index contributed by atoms with van der Waals surface area (Å²) in [5.74, 6) is 0.532. The lowest BCUT2D eigenvalue weighted by Crippen LogP contribution is -2.44. The van der Waals surface area contributed by atoms with Gasteiger partial charge in [0.2, 0.25) is 0 Å². The number of fused-ring (bicyclic) bond motifs is 1. The van der Waals surface area contributed by atoms with Crippen LogP contribution in [0.5, 0.6) is 0 Å². The van der Waals surface area contributed by atoms with Gasteiger partial charge in [-0.15, -0.1) is 0 Å². The minimum Gasteiger partial charge on any atom is -0.383 e. The van der Waals surface area contributed by atoms with E-state index in [1.807, 2.05) is 29.2 Å². The summed E-state index contributed by atoms with van der Waals surface area (Å²) in [6, 6.07) is 7.83. The number of nitrogens with one attached hydrogen (secondary N) is 1. The van der Waals surface area contributed by atoms with Crippen LogP contribution in [0.2, 0.25) is 0 Å². The monoisotopic (exact) mass is 400 g/mol. The molecule has 2 fully saturated rings. The van der Waals surface area contributed by atoms with E-state index in [0.29, 0.717) is 18.2 Å². The molecule has 2 aromatic rings. The molecule has 1 amide bonds. The summed E-state index contributed by atoms with van der Waals surface area (Å²) in [4.78, 5) is 17.9. The lowest BCUT2D eigenvalue weighted by molar-refractivity contribution is 0.0434. The van der Waals surface area contributed by atoms with Crippen molar-refractivity contribution < 1.29 is 14.3 Å². The van der Waals surface area contributed by atoms with Crippen molar-refractivity contribution in [3.05, 3.63) is 30.0 Å². The molecule has 0 radical (unpaired) electrons. The van der Waals surface area contributed by atoms with Crippen LogP contribution in [0.3, 0.4) is 0 Å². The summed E-state index contributed by atoms with van der Waals surface area (Å²) in [7, 11) is 1.75. The van der Waals surface area contributed by atoms with E-state index >= 15 is 0 Å². The number of likely N-dealkylation sites (tertiary alicyclic amines) is 1. The fourth-order valence-electron chi connectivity index (χ4n) is 4.48. The van der Waals surface area contributed by atoms with Crippen LogP contribution in [0.1, 0.15) is 36.2 Å². The van der Waals surface area contributed by atoms with Crippen LogP contribution in [0, 0.1) is 5.92 Å². The summed E-state index contributed by atoms with van der Waals surface area (Å²) in [5.41, 5.74) is 1.43. The fraction of sp³-hybridized carbons (Fsp3) is 0.636. The zero-order chi connectivity index (χ0) is 20.1. The average molecular weight is 401 g/mol. The smallest absolute Gasteiger partial charge is 0.275 e. The molecule has 3 heterocycles. The van der Waals surface area contributed by atoms with Crippen LogP contribution < -0.4 is 0 Å². The number of benzene rings is 1. The number of aromatic nitrogens is 2. The van der Waals surface area contributed by atoms with E-state index in [0.717, 1.165) is 76.0 Å². The van der Waals surface area contributed by atoms with Gasteiger partial charge in [0.25, 0.3) is 5.91 Å². The summed E-state index contributed by atoms with van der Waals surface area (Å²) in [6.45, 7) is 6.14. The predicted molar refractivity (Wildman–Crippen MR) is 112 cm³/mol. The number of hydrogen-bond acceptors (Lipinski definition) is 5. The van der Waals surface area contributed by atoms with Gasteiger partial charge in [0, 0.05) is 38.7 Å². The highest BCUT2D eigenvalue weighted by atomic mass is 16.5. The molecule has 1 aromatic carbocycles. The van der Waals surface area contributed by atoms with Crippen LogP contribution in [0.15, 0.2) is 24.3 Å². The SMILES string of the molecule is COCCN1CCC(CN(C[C@H]2CCCO2)C(=O)c2n[nH]c3ccccc23)CC1. The van der Waals surface area contributed by atoms with Gasteiger partial charge < -0.3 is 19.3 Å². The second-order valence-corrected chi connectivity index (χ2v) is 8.24. The molecule has 7 nitrogen and oxygen atoms in total. The first-order valence-corrected chi connectivity index (χ1v) is 10.8. The third kappa shape index (κ3) is 4.97. The molecule has 4 rings (SSSR count). The van der Waals surface area contributed by atoms with Crippen molar-refractivity contribution in [2.75, 3.05) is 53.0 Å². The Morgan fingerprint density at radius 2 is 2.10 bits per heavy atom. The molecule has 1 atom stereocenters. The van der Waals surface area contributed by atoms with E-state index in [1.165, 1.54) is 0 Å². The zero-order valence-electron chi connectivity index (χ0n) is 17.3. The second kappa shape index (κ2) is 9.69. The van der Waals surface area contributed by atoms with Crippen LogP contribution in [0.4, 0.5) is 0 Å². The van der Waals surface area contributed by atoms with Crippen molar-refractivity contribution in [3.63, 3.8) is 0 Å². The molecule has 0 bridgehead atoms. The van der Waals surface area contributed by atoms with Crippen molar-refractivity contribution >= 4 is 16.8 Å². The number of methoxy groups -OCH3 is 1. The van der Waals surface area contributed by atoms with Crippen molar-refractivity contribution in [2.45, 2.75) is 31.8 Å². The molecule has 0 unspecified atom stereocenters. The van der Waals surface area contributed by atoms with Crippen LogP contribution in [-0.2, 0) is 9.47 Å². The number of ether oxygens (including phenoxy) is 2. The molecule has 0 spiro atoms. The maximum atomic E-state index is 13.4. The number of aromatic amines is 1. The zero-order valence-corrected chi connectivity index (χ0v) is 17.3. The first-order valence-electron chi connectivity index (χ1n) is 10.8. The molecule has 0 saturated carbocycles. The van der Waals surface area contributed by atoms with Gasteiger partial charge in [0.05, 0.1) is 18.2 Å². The van der Waals surface area contributed by atoms with Crippen LogP contribution >= 0.6 is 0 Å². The largest absolute Gasteiger partial charge is 0.383 e. The Kier molecular flexibility index (Phi) is 6.79. The number of hydrogen-bond donors (Lipinski definition) is 1. The van der Waals surface area contributed by atoms with E-state index in [9.17, 15) is 4.79 Å². The molecule has 158 valence electrons. The van der Waals surface area contributed by atoms with Crippen LogP contribution in [-0.4, -0.2) is 85.1 Å². The third-order valence-corrected chi connectivity index (χ3v) is 6.21. The number of para-hydroxylation sites is 1. The second-order valence-electron chi connectivity index (χ2n) is 8.24. The van der Waals surface area contributed by atoms with Gasteiger partial charge in [0.15, 0.2) is 5.69 Å². The number of H-pyrrole nitrogens is 1. The molecule has 29 heavy (non-hydrogen) atoms. The standard InChI is InChI=1S/C22H32N4O3/c1-28-14-12-25-10-8-17(9-11-25)15-26(16-18-5-4-13-29-18)22(27)21-19-6-2-3-7-20(19)23-24-21/h2-3,6-7,17-18H,4-5,8-16H2,1H3,(H,23,24)/t18-/m1/s1. The molecule has 7 heteroatoms. The Morgan fingerprint density at radius 3 is 2.86 bits per heavy atom. The highest BCUT2D eigenvalue weighted by Crippen LogP contribution is 2.23. The van der Waals surface area contributed by atoms with Gasteiger partial charge >= 0.3 is 0 Å². The topological polar surface area (TPSA) is 70.7 Å². The molecule has 1 N–H and O–H groups in total. The number of carbonyl (C=O) groups excluding carboxylic acids is 1. The van der Waals surface area contributed by atoms with Gasteiger partial charge in [-0.05, 0) is 50.8 Å². The maximum absolute atomic E-state index is 13.4. The Hall–Kier alpha value is -1.96. The number of rotatable bonds is 8. The first kappa shape index (κ1) is 20.3. The van der Waals surface area contributed by atoms with E-state index in [2.05, 4.69) is 15.1 Å². The van der Waals surface area contributed by atoms with E-state index < -0.39 is 0 Å². The normalized spacial score (nSPS) is 21.1. The summed E-state index contributed by atoms with van der Waals surface area (Å²) < 4.78 is 11.0. The number of amides is 1. The minimum absolute atomic E-state index is 0.0137. The lowest BCUT2D eigenvalue weighted by atomic mass is 9.95. The van der Waals surface area contributed by atoms with Gasteiger partial charge in [-0.3, -0.25) is 9.89 Å². The van der Waals surface area contributed by atoms with E-state index in [1.54, 1.807) is 7.11 Å². The van der Waals surface area contributed by atoms with E-state index in [-0.39, 0.29) is 12.0 Å². The van der Waals surface area contributed by atoms with Crippen LogP contribution in [0.25, 0.3) is 10.9 Å². The van der Waals surface area contributed by atoms with Crippen molar-refractivity contribution in [2.24, 2.45) is 5.92 Å². The lowest BCUT2D eigenvalue weighted by Gasteiger charge is -2.35. The Balaban J connectivity index is 1.44. The molecular weight excluding hydrogens is 368 g/mol. The third-order valence-electron chi connectivity index (χ3n) is 6.21. The van der Waals surface area contributed by atoms with Crippen molar-refractivity contribution in [1.82, 2.24) is 20.0 Å². The van der Waals surface area contributed by atoms with Gasteiger partial charge in [-0.25, -0.2) is 0 Å². The summed E-state index contributed by atoms with van der Waals surface area (Å²) in [6.07, 6.45) is 4.47. The molecule has 2 saturated heterocycles. The highest BCUT2D eigenvalue weighted by molar-refractivity contribution is 6.04. The number of nitrogens with zero attached hydrogens (tertiary/aromatic N) is 3. The van der Waals surface area contributed by atoms with Gasteiger partial charge in [0.1, 0.15) is 0 Å². The molecule has 0 aliphatic carbocycles. The molecule has 2 aliphatic rings. The maximum Gasteiger partial charge on any atom is 0.275 e. The molecular formula is C22H32N4O3. The number of piperidine rings is 1. The Bertz CT molecular complexity index is 794. The van der Waals surface area contributed by atoms with Gasteiger partial charge in [-0.2, -0.15) is 5.10 Å². The van der Waals surface area contributed by atoms with Gasteiger partial charge in [-0.1, -0.05) is 18.2 Å². The summed E-state index contributed by atoms with van der Waals surface area (Å²) in [5, 5.41) is 8.24. The fourth-order valence-corrected chi connectivity index (χ4v) is 4.48. The van der Waals surface area contributed by atoms with Crippen molar-refractivity contribution in [1.29, 1.82) is 0 Å². The quantitative estimate of drug-likeness (QED) is 0.737.